The molecular weight excluding hydrogens is 424 g/mol. The molecule has 0 spiro atoms. The summed E-state index contributed by atoms with van der Waals surface area (Å²) in [4.78, 5) is 64.4. The molecule has 9 nitrogen and oxygen atoms in total. The number of carbonyl (C=O) groups excluding carboxylic acids is 5. The van der Waals surface area contributed by atoms with Crippen molar-refractivity contribution in [2.45, 2.75) is 38.6 Å². The van der Waals surface area contributed by atoms with Crippen LogP contribution in [-0.4, -0.2) is 52.0 Å². The maximum absolute atomic E-state index is 12.8. The molecular formula is C24H24N4O5. The second-order valence-electron chi connectivity index (χ2n) is 8.20. The van der Waals surface area contributed by atoms with Crippen LogP contribution in [0.15, 0.2) is 48.5 Å². The van der Waals surface area contributed by atoms with E-state index in [4.69, 9.17) is 0 Å². The first kappa shape index (κ1) is 22.2. The zero-order chi connectivity index (χ0) is 23.5. The van der Waals surface area contributed by atoms with Gasteiger partial charge in [-0.25, -0.2) is 9.69 Å². The Morgan fingerprint density at radius 2 is 1.67 bits per heavy atom. The van der Waals surface area contributed by atoms with E-state index in [1.165, 1.54) is 0 Å². The van der Waals surface area contributed by atoms with Gasteiger partial charge in [-0.15, -0.1) is 0 Å². The standard InChI is InChI=1S/C24H24N4O5/c1-15-7-6-8-16(13-15)25-21(30)18-11-4-5-12-19(18)26-20(29)14-27-22(31)23(32)28(24(27)33)17-9-2-3-10-17/h4-8,11-13,17H,2-3,9-10,14H2,1H3,(H,25,30)(H,26,29). The van der Waals surface area contributed by atoms with Gasteiger partial charge in [-0.05, 0) is 49.6 Å². The van der Waals surface area contributed by atoms with Crippen LogP contribution >= 0.6 is 0 Å². The summed E-state index contributed by atoms with van der Waals surface area (Å²) in [6, 6.07) is 12.6. The van der Waals surface area contributed by atoms with Gasteiger partial charge in [-0.1, -0.05) is 37.1 Å². The highest BCUT2D eigenvalue weighted by molar-refractivity contribution is 6.45. The molecule has 0 radical (unpaired) electrons. The number of benzene rings is 2. The second kappa shape index (κ2) is 9.23. The largest absolute Gasteiger partial charge is 0.334 e. The number of urea groups is 1. The number of hydrogen-bond donors (Lipinski definition) is 2. The van der Waals surface area contributed by atoms with E-state index in [9.17, 15) is 24.0 Å². The number of carbonyl (C=O) groups is 5. The molecule has 2 aliphatic rings. The van der Waals surface area contributed by atoms with Gasteiger partial charge in [-0.3, -0.25) is 24.1 Å². The molecule has 1 saturated heterocycles. The van der Waals surface area contributed by atoms with E-state index in [2.05, 4.69) is 10.6 Å². The molecule has 2 N–H and O–H groups in total. The van der Waals surface area contributed by atoms with Gasteiger partial charge in [0.25, 0.3) is 5.91 Å². The molecule has 1 heterocycles. The van der Waals surface area contributed by atoms with Crippen LogP contribution in [0, 0.1) is 6.92 Å². The minimum atomic E-state index is -1.01. The molecule has 4 rings (SSSR count). The van der Waals surface area contributed by atoms with E-state index in [0.717, 1.165) is 23.3 Å². The number of amides is 6. The van der Waals surface area contributed by atoms with E-state index in [1.807, 2.05) is 25.1 Å². The van der Waals surface area contributed by atoms with E-state index in [1.54, 1.807) is 30.3 Å². The Bertz CT molecular complexity index is 1140. The van der Waals surface area contributed by atoms with Crippen LogP contribution in [0.25, 0.3) is 0 Å². The molecule has 1 saturated carbocycles. The SMILES string of the molecule is Cc1cccc(NC(=O)c2ccccc2NC(=O)CN2C(=O)C(=O)N(C3CCCC3)C2=O)c1. The van der Waals surface area contributed by atoms with Crippen molar-refractivity contribution < 1.29 is 24.0 Å². The molecule has 0 bridgehead atoms. The van der Waals surface area contributed by atoms with Crippen molar-refractivity contribution in [3.05, 3.63) is 59.7 Å². The number of rotatable bonds is 6. The maximum atomic E-state index is 12.8. The minimum Gasteiger partial charge on any atom is -0.324 e. The maximum Gasteiger partial charge on any atom is 0.334 e. The molecule has 33 heavy (non-hydrogen) atoms. The number of imide groups is 2. The zero-order valence-corrected chi connectivity index (χ0v) is 18.2. The van der Waals surface area contributed by atoms with Crippen LogP contribution in [0.2, 0.25) is 0 Å². The summed E-state index contributed by atoms with van der Waals surface area (Å²) in [6.45, 7) is 1.30. The molecule has 0 aromatic heterocycles. The molecule has 2 aromatic carbocycles. The molecule has 0 unspecified atom stereocenters. The lowest BCUT2D eigenvalue weighted by molar-refractivity contribution is -0.144. The van der Waals surface area contributed by atoms with Gasteiger partial charge in [0, 0.05) is 11.7 Å². The fourth-order valence-electron chi connectivity index (χ4n) is 4.19. The van der Waals surface area contributed by atoms with Gasteiger partial charge in [-0.2, -0.15) is 0 Å². The first-order valence-electron chi connectivity index (χ1n) is 10.8. The Balaban J connectivity index is 1.45. The zero-order valence-electron chi connectivity index (χ0n) is 18.2. The molecule has 1 aliphatic heterocycles. The summed E-state index contributed by atoms with van der Waals surface area (Å²) in [5, 5.41) is 5.36. The third-order valence-electron chi connectivity index (χ3n) is 5.80. The van der Waals surface area contributed by atoms with Crippen LogP contribution in [-0.2, 0) is 14.4 Å². The Kier molecular flexibility index (Phi) is 6.21. The van der Waals surface area contributed by atoms with Crippen molar-refractivity contribution in [3.8, 4) is 0 Å². The van der Waals surface area contributed by atoms with Crippen molar-refractivity contribution in [1.82, 2.24) is 9.80 Å². The van der Waals surface area contributed by atoms with Crippen LogP contribution in [0.4, 0.5) is 16.2 Å². The van der Waals surface area contributed by atoms with Crippen LogP contribution in [0.1, 0.15) is 41.6 Å². The highest BCUT2D eigenvalue weighted by Gasteiger charge is 2.48. The summed E-state index contributed by atoms with van der Waals surface area (Å²) in [5.74, 6) is -3.01. The quantitative estimate of drug-likeness (QED) is 0.521. The summed E-state index contributed by atoms with van der Waals surface area (Å²) in [7, 11) is 0. The van der Waals surface area contributed by atoms with Crippen LogP contribution in [0.5, 0.6) is 0 Å². The number of para-hydroxylation sites is 1. The average molecular weight is 448 g/mol. The molecule has 170 valence electrons. The van der Waals surface area contributed by atoms with Crippen molar-refractivity contribution in [2.75, 3.05) is 17.2 Å². The lowest BCUT2D eigenvalue weighted by Crippen LogP contribution is -2.41. The van der Waals surface area contributed by atoms with E-state index in [-0.39, 0.29) is 17.3 Å². The van der Waals surface area contributed by atoms with E-state index < -0.39 is 36.2 Å². The van der Waals surface area contributed by atoms with Crippen LogP contribution < -0.4 is 10.6 Å². The molecule has 9 heteroatoms. The van der Waals surface area contributed by atoms with Gasteiger partial charge in [0.1, 0.15) is 6.54 Å². The van der Waals surface area contributed by atoms with Gasteiger partial charge in [0.2, 0.25) is 5.91 Å². The minimum absolute atomic E-state index is 0.218. The predicted octanol–water partition coefficient (Wildman–Crippen LogP) is 2.92. The van der Waals surface area contributed by atoms with Crippen molar-refractivity contribution in [3.63, 3.8) is 0 Å². The number of aryl methyl sites for hydroxylation is 1. The third-order valence-corrected chi connectivity index (χ3v) is 5.80. The van der Waals surface area contributed by atoms with Gasteiger partial charge < -0.3 is 10.6 Å². The Labute approximate surface area is 190 Å². The monoisotopic (exact) mass is 448 g/mol. The second-order valence-corrected chi connectivity index (χ2v) is 8.20. The fraction of sp³-hybridized carbons (Fsp3) is 0.292. The Morgan fingerprint density at radius 3 is 2.39 bits per heavy atom. The van der Waals surface area contributed by atoms with Crippen molar-refractivity contribution in [2.24, 2.45) is 0 Å². The van der Waals surface area contributed by atoms with Gasteiger partial charge in [0.15, 0.2) is 0 Å². The van der Waals surface area contributed by atoms with E-state index in [0.29, 0.717) is 23.4 Å². The highest BCUT2D eigenvalue weighted by atomic mass is 16.2. The molecule has 2 aromatic rings. The number of nitrogens with one attached hydrogen (secondary N) is 2. The summed E-state index contributed by atoms with van der Waals surface area (Å²) in [6.07, 6.45) is 3.10. The predicted molar refractivity (Wildman–Crippen MR) is 120 cm³/mol. The summed E-state index contributed by atoms with van der Waals surface area (Å²) < 4.78 is 0. The lowest BCUT2D eigenvalue weighted by Gasteiger charge is -2.21. The van der Waals surface area contributed by atoms with Crippen LogP contribution in [0.3, 0.4) is 0 Å². The van der Waals surface area contributed by atoms with Gasteiger partial charge in [0.05, 0.1) is 11.3 Å². The highest BCUT2D eigenvalue weighted by Crippen LogP contribution is 2.28. The summed E-state index contributed by atoms with van der Waals surface area (Å²) >= 11 is 0. The number of hydrogen-bond acceptors (Lipinski definition) is 5. The molecule has 2 fully saturated rings. The van der Waals surface area contributed by atoms with E-state index >= 15 is 0 Å². The number of anilines is 2. The van der Waals surface area contributed by atoms with Gasteiger partial charge >= 0.3 is 17.8 Å². The Hall–Kier alpha value is -4.01. The first-order chi connectivity index (χ1) is 15.8. The summed E-state index contributed by atoms with van der Waals surface area (Å²) in [5.41, 5.74) is 2.04. The molecule has 1 aliphatic carbocycles. The fourth-order valence-corrected chi connectivity index (χ4v) is 4.19. The lowest BCUT2D eigenvalue weighted by atomic mass is 10.1. The molecule has 0 atom stereocenters. The average Bonchev–Trinajstić information content (AvgIpc) is 3.37. The topological polar surface area (TPSA) is 116 Å². The van der Waals surface area contributed by atoms with Crippen molar-refractivity contribution in [1.29, 1.82) is 0 Å². The molecule has 6 amide bonds. The van der Waals surface area contributed by atoms with Crippen molar-refractivity contribution >= 4 is 41.0 Å². The number of nitrogens with zero attached hydrogens (tertiary/aromatic N) is 2. The third kappa shape index (κ3) is 4.62. The first-order valence-corrected chi connectivity index (χ1v) is 10.8. The smallest absolute Gasteiger partial charge is 0.324 e. The normalized spacial score (nSPS) is 16.5. The Morgan fingerprint density at radius 1 is 0.939 bits per heavy atom.